The quantitative estimate of drug-likeness (QED) is 0.595. The van der Waals surface area contributed by atoms with E-state index >= 15 is 0 Å². The third-order valence-corrected chi connectivity index (χ3v) is 2.22. The van der Waals surface area contributed by atoms with Crippen molar-refractivity contribution >= 4 is 0 Å². The molecule has 92 valence electrons. The van der Waals surface area contributed by atoms with Crippen molar-refractivity contribution in [1.29, 1.82) is 0 Å². The molecule has 0 amide bonds. The Hall–Kier alpha value is -0.0800. The fraction of sp³-hybridized carbons (Fsp3) is 1.00. The fourth-order valence-corrected chi connectivity index (χ4v) is 1.39. The predicted octanol–water partition coefficient (Wildman–Crippen LogP) is 3.36. The van der Waals surface area contributed by atoms with Crippen molar-refractivity contribution in [3.63, 3.8) is 0 Å². The summed E-state index contributed by atoms with van der Waals surface area (Å²) in [6.07, 6.45) is 6.25. The van der Waals surface area contributed by atoms with Gasteiger partial charge in [-0.3, -0.25) is 0 Å². The summed E-state index contributed by atoms with van der Waals surface area (Å²) in [4.78, 5) is 0. The molecule has 0 spiro atoms. The summed E-state index contributed by atoms with van der Waals surface area (Å²) in [5.41, 5.74) is 0.268. The van der Waals surface area contributed by atoms with E-state index in [1.54, 1.807) is 0 Å². The van der Waals surface area contributed by atoms with Crippen LogP contribution < -0.4 is 5.32 Å². The van der Waals surface area contributed by atoms with Gasteiger partial charge in [0.15, 0.2) is 0 Å². The van der Waals surface area contributed by atoms with Crippen LogP contribution in [0.4, 0.5) is 0 Å². The molecule has 2 nitrogen and oxygen atoms in total. The highest BCUT2D eigenvalue weighted by molar-refractivity contribution is 4.69. The van der Waals surface area contributed by atoms with Crippen LogP contribution in [0.25, 0.3) is 0 Å². The Morgan fingerprint density at radius 3 is 2.20 bits per heavy atom. The van der Waals surface area contributed by atoms with Gasteiger partial charge in [-0.05, 0) is 46.6 Å². The van der Waals surface area contributed by atoms with E-state index in [1.807, 2.05) is 0 Å². The topological polar surface area (TPSA) is 21.3 Å². The van der Waals surface area contributed by atoms with E-state index in [-0.39, 0.29) is 5.54 Å². The number of hydrogen-bond donors (Lipinski definition) is 1. The lowest BCUT2D eigenvalue weighted by molar-refractivity contribution is 0.130. The van der Waals surface area contributed by atoms with Gasteiger partial charge in [-0.2, -0.15) is 0 Å². The van der Waals surface area contributed by atoms with Crippen LogP contribution >= 0.6 is 0 Å². The number of unbranched alkanes of at least 4 members (excludes halogenated alkanes) is 3. The summed E-state index contributed by atoms with van der Waals surface area (Å²) in [7, 11) is 0. The normalized spacial score (nSPS) is 12.0. The minimum absolute atomic E-state index is 0.268. The van der Waals surface area contributed by atoms with Crippen molar-refractivity contribution in [2.24, 2.45) is 0 Å². The van der Waals surface area contributed by atoms with Gasteiger partial charge in [0, 0.05) is 18.8 Å². The number of nitrogens with one attached hydrogen (secondary N) is 1. The lowest BCUT2D eigenvalue weighted by atomic mass is 10.1. The van der Waals surface area contributed by atoms with Crippen LogP contribution in [0.3, 0.4) is 0 Å². The van der Waals surface area contributed by atoms with Crippen molar-refractivity contribution in [3.05, 3.63) is 0 Å². The first-order chi connectivity index (χ1) is 7.06. The Bertz CT molecular complexity index is 129. The summed E-state index contributed by atoms with van der Waals surface area (Å²) in [6.45, 7) is 11.8. The first kappa shape index (κ1) is 14.9. The summed E-state index contributed by atoms with van der Waals surface area (Å²) in [6, 6.07) is 0. The molecule has 0 saturated carbocycles. The highest BCUT2D eigenvalue weighted by Gasteiger charge is 2.06. The Morgan fingerprint density at radius 1 is 0.933 bits per heavy atom. The summed E-state index contributed by atoms with van der Waals surface area (Å²) >= 11 is 0. The smallest absolute Gasteiger partial charge is 0.0466 e. The molecule has 0 atom stereocenters. The summed E-state index contributed by atoms with van der Waals surface area (Å²) < 4.78 is 5.43. The highest BCUT2D eigenvalue weighted by Crippen LogP contribution is 2.02. The van der Waals surface area contributed by atoms with Gasteiger partial charge in [0.1, 0.15) is 0 Å². The van der Waals surface area contributed by atoms with Gasteiger partial charge in [-0.1, -0.05) is 19.8 Å². The van der Waals surface area contributed by atoms with Crippen molar-refractivity contribution in [2.75, 3.05) is 19.8 Å². The van der Waals surface area contributed by atoms with E-state index in [9.17, 15) is 0 Å². The first-order valence-corrected chi connectivity index (χ1v) is 6.39. The van der Waals surface area contributed by atoms with Crippen molar-refractivity contribution in [2.45, 2.75) is 65.3 Å². The molecule has 0 unspecified atom stereocenters. The van der Waals surface area contributed by atoms with E-state index in [0.717, 1.165) is 26.2 Å². The van der Waals surface area contributed by atoms with Crippen LogP contribution in [-0.4, -0.2) is 25.3 Å². The Kier molecular flexibility index (Phi) is 9.12. The van der Waals surface area contributed by atoms with Crippen LogP contribution in [-0.2, 0) is 4.74 Å². The molecular formula is C13H29NO. The largest absolute Gasteiger partial charge is 0.381 e. The van der Waals surface area contributed by atoms with Crippen LogP contribution in [0.2, 0.25) is 0 Å². The Labute approximate surface area is 95.8 Å². The average Bonchev–Trinajstić information content (AvgIpc) is 2.14. The molecule has 0 saturated heterocycles. The van der Waals surface area contributed by atoms with Gasteiger partial charge in [-0.15, -0.1) is 0 Å². The van der Waals surface area contributed by atoms with Crippen molar-refractivity contribution in [3.8, 4) is 0 Å². The van der Waals surface area contributed by atoms with Crippen LogP contribution in [0, 0.1) is 0 Å². The lowest BCUT2D eigenvalue weighted by Gasteiger charge is -2.20. The minimum Gasteiger partial charge on any atom is -0.381 e. The maximum absolute atomic E-state index is 5.43. The molecule has 0 aliphatic heterocycles. The molecule has 0 aliphatic rings. The third kappa shape index (κ3) is 13.9. The molecule has 0 aromatic heterocycles. The van der Waals surface area contributed by atoms with E-state index in [1.165, 1.54) is 25.7 Å². The number of ether oxygens (including phenoxy) is 1. The van der Waals surface area contributed by atoms with Gasteiger partial charge in [0.05, 0.1) is 0 Å². The van der Waals surface area contributed by atoms with Gasteiger partial charge in [0.2, 0.25) is 0 Å². The fourth-order valence-electron chi connectivity index (χ4n) is 1.39. The van der Waals surface area contributed by atoms with Gasteiger partial charge in [0.25, 0.3) is 0 Å². The zero-order valence-electron chi connectivity index (χ0n) is 11.1. The molecule has 0 fully saturated rings. The summed E-state index contributed by atoms with van der Waals surface area (Å²) in [5.74, 6) is 0. The second-order valence-corrected chi connectivity index (χ2v) is 5.20. The van der Waals surface area contributed by atoms with E-state index in [4.69, 9.17) is 4.74 Å². The van der Waals surface area contributed by atoms with Crippen molar-refractivity contribution < 1.29 is 4.74 Å². The minimum atomic E-state index is 0.268. The van der Waals surface area contributed by atoms with Crippen LogP contribution in [0.5, 0.6) is 0 Å². The molecule has 0 rings (SSSR count). The molecule has 0 heterocycles. The Morgan fingerprint density at radius 2 is 1.60 bits per heavy atom. The maximum atomic E-state index is 5.43. The van der Waals surface area contributed by atoms with E-state index in [0.29, 0.717) is 0 Å². The zero-order chi connectivity index (χ0) is 11.6. The number of rotatable bonds is 9. The average molecular weight is 215 g/mol. The maximum Gasteiger partial charge on any atom is 0.0466 e. The second kappa shape index (κ2) is 9.17. The third-order valence-electron chi connectivity index (χ3n) is 2.22. The monoisotopic (exact) mass is 215 g/mol. The molecule has 0 aromatic carbocycles. The van der Waals surface area contributed by atoms with Crippen molar-refractivity contribution in [1.82, 2.24) is 5.32 Å². The zero-order valence-corrected chi connectivity index (χ0v) is 11.1. The number of hydrogen-bond acceptors (Lipinski definition) is 2. The molecule has 0 aliphatic carbocycles. The van der Waals surface area contributed by atoms with E-state index < -0.39 is 0 Å². The molecule has 0 aromatic rings. The predicted molar refractivity (Wildman–Crippen MR) is 67.3 cm³/mol. The highest BCUT2D eigenvalue weighted by atomic mass is 16.5. The molecular weight excluding hydrogens is 186 g/mol. The molecule has 1 N–H and O–H groups in total. The lowest BCUT2D eigenvalue weighted by Crippen LogP contribution is -2.36. The standard InChI is InChI=1S/C13H29NO/c1-5-11-15-12-9-7-6-8-10-14-13(2,3)4/h14H,5-12H2,1-4H3. The van der Waals surface area contributed by atoms with Crippen LogP contribution in [0.1, 0.15) is 59.8 Å². The molecule has 2 heteroatoms. The van der Waals surface area contributed by atoms with Gasteiger partial charge in [-0.25, -0.2) is 0 Å². The first-order valence-electron chi connectivity index (χ1n) is 6.39. The summed E-state index contributed by atoms with van der Waals surface area (Å²) in [5, 5.41) is 3.50. The SMILES string of the molecule is CCCOCCCCCCNC(C)(C)C. The second-order valence-electron chi connectivity index (χ2n) is 5.20. The van der Waals surface area contributed by atoms with Gasteiger partial charge < -0.3 is 10.1 Å². The molecule has 15 heavy (non-hydrogen) atoms. The molecule has 0 radical (unpaired) electrons. The Balaban J connectivity index is 2.99. The molecule has 0 bridgehead atoms. The van der Waals surface area contributed by atoms with E-state index in [2.05, 4.69) is 33.0 Å². The van der Waals surface area contributed by atoms with Gasteiger partial charge >= 0.3 is 0 Å². The van der Waals surface area contributed by atoms with Crippen LogP contribution in [0.15, 0.2) is 0 Å².